The number of piperazine rings is 1. The van der Waals surface area contributed by atoms with E-state index in [-0.39, 0.29) is 0 Å². The van der Waals surface area contributed by atoms with Crippen LogP contribution in [0.15, 0.2) is 28.8 Å². The van der Waals surface area contributed by atoms with Crippen molar-refractivity contribution in [1.29, 1.82) is 0 Å². The van der Waals surface area contributed by atoms with Gasteiger partial charge in [0, 0.05) is 26.2 Å². The number of rotatable bonds is 3. The van der Waals surface area contributed by atoms with E-state index in [4.69, 9.17) is 4.42 Å². The molecular weight excluding hydrogens is 298 g/mol. The molecule has 0 aliphatic carbocycles. The van der Waals surface area contributed by atoms with Crippen molar-refractivity contribution >= 4 is 38.6 Å². The highest BCUT2D eigenvalue weighted by atomic mass is 32.1. The van der Waals surface area contributed by atoms with Crippen LogP contribution in [-0.4, -0.2) is 36.1 Å². The molecule has 114 valence electrons. The second-order valence-electron chi connectivity index (χ2n) is 5.36. The Balaban J connectivity index is 1.53. The fourth-order valence-corrected chi connectivity index (χ4v) is 3.39. The van der Waals surface area contributed by atoms with E-state index in [1.807, 2.05) is 31.3 Å². The zero-order valence-electron chi connectivity index (χ0n) is 12.3. The van der Waals surface area contributed by atoms with Gasteiger partial charge in [-0.1, -0.05) is 17.4 Å². The maximum Gasteiger partial charge on any atom is 0.302 e. The smallest absolute Gasteiger partial charge is 0.302 e. The molecule has 0 radical (unpaired) electrons. The number of thiazole rings is 1. The summed E-state index contributed by atoms with van der Waals surface area (Å²) in [5, 5.41) is 8.49. The number of anilines is 3. The number of hydrogen-bond acceptors (Lipinski definition) is 7. The highest BCUT2D eigenvalue weighted by molar-refractivity contribution is 7.19. The number of nitrogens with one attached hydrogen (secondary N) is 2. The van der Waals surface area contributed by atoms with Gasteiger partial charge in [0.05, 0.1) is 6.20 Å². The monoisotopic (exact) mass is 315 g/mol. The van der Waals surface area contributed by atoms with Gasteiger partial charge in [0.1, 0.15) is 10.5 Å². The van der Waals surface area contributed by atoms with Crippen LogP contribution in [0.5, 0.6) is 0 Å². The van der Waals surface area contributed by atoms with E-state index in [2.05, 4.69) is 25.5 Å². The first-order valence-electron chi connectivity index (χ1n) is 7.34. The van der Waals surface area contributed by atoms with E-state index >= 15 is 0 Å². The molecule has 1 aromatic carbocycles. The average molecular weight is 315 g/mol. The molecule has 1 saturated heterocycles. The first-order valence-corrected chi connectivity index (χ1v) is 8.15. The van der Waals surface area contributed by atoms with Crippen LogP contribution in [0.25, 0.3) is 11.1 Å². The molecule has 0 saturated carbocycles. The lowest BCUT2D eigenvalue weighted by atomic mass is 10.2. The molecule has 2 N–H and O–H groups in total. The van der Waals surface area contributed by atoms with Crippen LogP contribution in [0.1, 0.15) is 5.56 Å². The predicted octanol–water partition coefficient (Wildman–Crippen LogP) is 2.75. The van der Waals surface area contributed by atoms with Crippen molar-refractivity contribution in [3.05, 3.63) is 30.0 Å². The standard InChI is InChI=1S/C15H17N5OS/c1-10-2-3-11-12(8-10)21-14(18-11)19-15-17-9-13(22-15)20-6-4-16-5-7-20/h2-3,8-9,16H,4-7H2,1H3,(H,17,18,19). The second-order valence-corrected chi connectivity index (χ2v) is 6.36. The Morgan fingerprint density at radius 1 is 1.32 bits per heavy atom. The zero-order valence-corrected chi connectivity index (χ0v) is 13.1. The molecule has 0 spiro atoms. The van der Waals surface area contributed by atoms with E-state index in [9.17, 15) is 0 Å². The van der Waals surface area contributed by atoms with Crippen LogP contribution < -0.4 is 15.5 Å². The Bertz CT molecular complexity index is 790. The summed E-state index contributed by atoms with van der Waals surface area (Å²) in [6, 6.07) is 6.47. The molecule has 2 aromatic heterocycles. The molecular formula is C15H17N5OS. The van der Waals surface area contributed by atoms with Crippen LogP contribution in [0.3, 0.4) is 0 Å². The van der Waals surface area contributed by atoms with E-state index in [0.29, 0.717) is 6.01 Å². The summed E-state index contributed by atoms with van der Waals surface area (Å²) in [6.45, 7) is 6.11. The highest BCUT2D eigenvalue weighted by Gasteiger charge is 2.14. The Morgan fingerprint density at radius 3 is 3.05 bits per heavy atom. The summed E-state index contributed by atoms with van der Waals surface area (Å²) in [5.41, 5.74) is 2.80. The number of nitrogens with zero attached hydrogens (tertiary/aromatic N) is 3. The lowest BCUT2D eigenvalue weighted by Gasteiger charge is -2.27. The number of aromatic nitrogens is 2. The predicted molar refractivity (Wildman–Crippen MR) is 89.2 cm³/mol. The van der Waals surface area contributed by atoms with Gasteiger partial charge in [0.15, 0.2) is 10.7 Å². The molecule has 0 atom stereocenters. The Hall–Kier alpha value is -2.12. The number of oxazole rings is 1. The van der Waals surface area contributed by atoms with Crippen LogP contribution in [0.4, 0.5) is 16.1 Å². The molecule has 4 rings (SSSR count). The first kappa shape index (κ1) is 13.5. The molecule has 6 nitrogen and oxygen atoms in total. The van der Waals surface area contributed by atoms with Crippen LogP contribution in [0.2, 0.25) is 0 Å². The Labute approximate surface area is 132 Å². The third kappa shape index (κ3) is 2.65. The van der Waals surface area contributed by atoms with Gasteiger partial charge < -0.3 is 14.6 Å². The van der Waals surface area contributed by atoms with E-state index in [0.717, 1.165) is 48.0 Å². The van der Waals surface area contributed by atoms with Gasteiger partial charge in [-0.15, -0.1) is 0 Å². The molecule has 3 aromatic rings. The van der Waals surface area contributed by atoms with Crippen molar-refractivity contribution in [2.75, 3.05) is 36.4 Å². The molecule has 0 bridgehead atoms. The van der Waals surface area contributed by atoms with Crippen molar-refractivity contribution in [3.8, 4) is 0 Å². The number of hydrogen-bond donors (Lipinski definition) is 2. The lowest BCUT2D eigenvalue weighted by Crippen LogP contribution is -2.43. The number of benzene rings is 1. The lowest BCUT2D eigenvalue weighted by molar-refractivity contribution is 0.591. The summed E-state index contributed by atoms with van der Waals surface area (Å²) in [7, 11) is 0. The minimum Gasteiger partial charge on any atom is -0.423 e. The highest BCUT2D eigenvalue weighted by Crippen LogP contribution is 2.30. The van der Waals surface area contributed by atoms with Gasteiger partial charge in [-0.2, -0.15) is 4.98 Å². The summed E-state index contributed by atoms with van der Waals surface area (Å²) < 4.78 is 5.73. The Morgan fingerprint density at radius 2 is 2.18 bits per heavy atom. The van der Waals surface area contributed by atoms with Crippen LogP contribution >= 0.6 is 11.3 Å². The molecule has 0 amide bonds. The fourth-order valence-electron chi connectivity index (χ4n) is 2.53. The molecule has 0 unspecified atom stereocenters. The third-order valence-corrected chi connectivity index (χ3v) is 4.65. The molecule has 1 fully saturated rings. The maximum absolute atomic E-state index is 5.73. The SMILES string of the molecule is Cc1ccc2nc(Nc3ncc(N4CCNCC4)s3)oc2c1. The summed E-state index contributed by atoms with van der Waals surface area (Å²) >= 11 is 1.62. The minimum atomic E-state index is 0.488. The number of fused-ring (bicyclic) bond motifs is 1. The summed E-state index contributed by atoms with van der Waals surface area (Å²) in [5.74, 6) is 0. The molecule has 3 heterocycles. The summed E-state index contributed by atoms with van der Waals surface area (Å²) in [4.78, 5) is 11.2. The van der Waals surface area contributed by atoms with Gasteiger partial charge >= 0.3 is 6.01 Å². The molecule has 1 aliphatic rings. The van der Waals surface area contributed by atoms with Gasteiger partial charge in [0.25, 0.3) is 0 Å². The van der Waals surface area contributed by atoms with Gasteiger partial charge in [-0.3, -0.25) is 5.32 Å². The topological polar surface area (TPSA) is 66.2 Å². The van der Waals surface area contributed by atoms with Crippen molar-refractivity contribution in [2.24, 2.45) is 0 Å². The summed E-state index contributed by atoms with van der Waals surface area (Å²) in [6.07, 6.45) is 1.91. The minimum absolute atomic E-state index is 0.488. The van der Waals surface area contributed by atoms with Crippen molar-refractivity contribution in [2.45, 2.75) is 6.92 Å². The maximum atomic E-state index is 5.73. The van der Waals surface area contributed by atoms with E-state index < -0.39 is 0 Å². The second kappa shape index (κ2) is 5.58. The zero-order chi connectivity index (χ0) is 14.9. The quantitative estimate of drug-likeness (QED) is 0.775. The fraction of sp³-hybridized carbons (Fsp3) is 0.333. The van der Waals surface area contributed by atoms with E-state index in [1.54, 1.807) is 11.3 Å². The van der Waals surface area contributed by atoms with Gasteiger partial charge in [0.2, 0.25) is 0 Å². The van der Waals surface area contributed by atoms with Crippen molar-refractivity contribution < 1.29 is 4.42 Å². The first-order chi connectivity index (χ1) is 10.8. The van der Waals surface area contributed by atoms with Crippen LogP contribution in [0, 0.1) is 6.92 Å². The molecule has 1 aliphatic heterocycles. The third-order valence-electron chi connectivity index (χ3n) is 3.68. The normalized spacial score (nSPS) is 15.4. The van der Waals surface area contributed by atoms with Gasteiger partial charge in [-0.25, -0.2) is 4.98 Å². The van der Waals surface area contributed by atoms with Gasteiger partial charge in [-0.05, 0) is 24.6 Å². The molecule has 7 heteroatoms. The van der Waals surface area contributed by atoms with Crippen LogP contribution in [-0.2, 0) is 0 Å². The van der Waals surface area contributed by atoms with Crippen molar-refractivity contribution in [1.82, 2.24) is 15.3 Å². The molecule has 22 heavy (non-hydrogen) atoms. The van der Waals surface area contributed by atoms with E-state index in [1.165, 1.54) is 5.00 Å². The van der Waals surface area contributed by atoms with Crippen molar-refractivity contribution in [3.63, 3.8) is 0 Å². The Kier molecular flexibility index (Phi) is 3.44. The largest absolute Gasteiger partial charge is 0.423 e. The number of aryl methyl sites for hydroxylation is 1. The average Bonchev–Trinajstić information content (AvgIpc) is 3.14.